The topological polar surface area (TPSA) is 16.1 Å². The molecule has 0 aliphatic rings. The van der Waals surface area contributed by atoms with E-state index in [0.717, 1.165) is 6.42 Å². The molecule has 0 N–H and O–H groups in total. The summed E-state index contributed by atoms with van der Waals surface area (Å²) < 4.78 is 13.2. The van der Waals surface area contributed by atoms with E-state index in [0.29, 0.717) is 12.4 Å². The number of hydrogen-bond donors (Lipinski definition) is 0. The van der Waals surface area contributed by atoms with Crippen molar-refractivity contribution in [3.63, 3.8) is 0 Å². The van der Waals surface area contributed by atoms with Gasteiger partial charge in [-0.05, 0) is 25.5 Å². The van der Waals surface area contributed by atoms with Crippen molar-refractivity contribution in [3.05, 3.63) is 24.1 Å². The van der Waals surface area contributed by atoms with Crippen molar-refractivity contribution in [2.24, 2.45) is 0 Å². The molecule has 0 saturated heterocycles. The second-order valence-corrected chi connectivity index (χ2v) is 4.04. The molecular weight excluding hydrogens is 203 g/mol. The minimum atomic E-state index is -0.294. The normalized spacial score (nSPS) is 12.6. The third kappa shape index (κ3) is 3.14. The fraction of sp³-hybridized carbons (Fsp3) is 0.500. The van der Waals surface area contributed by atoms with Crippen LogP contribution in [0.5, 0.6) is 0 Å². The van der Waals surface area contributed by atoms with Gasteiger partial charge in [0.2, 0.25) is 0 Å². The Bertz CT molecular complexity index is 291. The number of alkyl halides is 1. The van der Waals surface area contributed by atoms with E-state index in [1.807, 2.05) is 14.0 Å². The van der Waals surface area contributed by atoms with Crippen LogP contribution in [-0.4, -0.2) is 24.0 Å². The maximum absolute atomic E-state index is 13.2. The highest BCUT2D eigenvalue weighted by molar-refractivity contribution is 6.20. The second-order valence-electron chi connectivity index (χ2n) is 3.30. The standard InChI is InChI=1S/C10H14ClFN2/c1-8(11)5-7-14(2)10-9(12)4-3-6-13-10/h3-4,6,8H,5,7H2,1-2H3. The van der Waals surface area contributed by atoms with Gasteiger partial charge >= 0.3 is 0 Å². The largest absolute Gasteiger partial charge is 0.357 e. The summed E-state index contributed by atoms with van der Waals surface area (Å²) in [5.41, 5.74) is 0. The van der Waals surface area contributed by atoms with Crippen molar-refractivity contribution >= 4 is 17.4 Å². The van der Waals surface area contributed by atoms with Gasteiger partial charge in [-0.15, -0.1) is 11.6 Å². The van der Waals surface area contributed by atoms with Crippen molar-refractivity contribution in [1.82, 2.24) is 4.98 Å². The lowest BCUT2D eigenvalue weighted by molar-refractivity contribution is 0.612. The van der Waals surface area contributed by atoms with E-state index in [1.54, 1.807) is 17.2 Å². The van der Waals surface area contributed by atoms with E-state index in [9.17, 15) is 4.39 Å². The van der Waals surface area contributed by atoms with Crippen LogP contribution in [-0.2, 0) is 0 Å². The fourth-order valence-corrected chi connectivity index (χ4v) is 1.23. The Labute approximate surface area is 88.7 Å². The summed E-state index contributed by atoms with van der Waals surface area (Å²) in [6.07, 6.45) is 2.40. The van der Waals surface area contributed by atoms with E-state index in [-0.39, 0.29) is 11.2 Å². The van der Waals surface area contributed by atoms with Crippen molar-refractivity contribution in [2.75, 3.05) is 18.5 Å². The third-order valence-electron chi connectivity index (χ3n) is 1.96. The van der Waals surface area contributed by atoms with Crippen LogP contribution >= 0.6 is 11.6 Å². The molecule has 0 aliphatic carbocycles. The van der Waals surface area contributed by atoms with Crippen LogP contribution in [0.2, 0.25) is 0 Å². The van der Waals surface area contributed by atoms with Gasteiger partial charge in [-0.2, -0.15) is 0 Å². The molecule has 1 atom stereocenters. The van der Waals surface area contributed by atoms with Gasteiger partial charge in [-0.3, -0.25) is 0 Å². The van der Waals surface area contributed by atoms with E-state index in [1.165, 1.54) is 6.07 Å². The Balaban J connectivity index is 2.60. The molecular formula is C10H14ClFN2. The molecule has 1 unspecified atom stereocenters. The lowest BCUT2D eigenvalue weighted by Gasteiger charge is -2.18. The first-order valence-corrected chi connectivity index (χ1v) is 5.00. The maximum Gasteiger partial charge on any atom is 0.165 e. The molecule has 78 valence electrons. The SMILES string of the molecule is CC(Cl)CCN(C)c1ncccc1F. The zero-order valence-corrected chi connectivity index (χ0v) is 9.13. The molecule has 1 rings (SSSR count). The predicted octanol–water partition coefficient (Wildman–Crippen LogP) is 2.67. The molecule has 1 aromatic rings. The molecule has 0 fully saturated rings. The molecule has 0 spiro atoms. The van der Waals surface area contributed by atoms with Crippen LogP contribution in [0.3, 0.4) is 0 Å². The highest BCUT2D eigenvalue weighted by Crippen LogP contribution is 2.14. The monoisotopic (exact) mass is 216 g/mol. The van der Waals surface area contributed by atoms with E-state index < -0.39 is 0 Å². The Morgan fingerprint density at radius 2 is 2.36 bits per heavy atom. The second kappa shape index (κ2) is 5.15. The zero-order valence-electron chi connectivity index (χ0n) is 8.37. The van der Waals surface area contributed by atoms with Crippen molar-refractivity contribution in [2.45, 2.75) is 18.7 Å². The quantitative estimate of drug-likeness (QED) is 0.720. The molecule has 4 heteroatoms. The van der Waals surface area contributed by atoms with Gasteiger partial charge in [-0.1, -0.05) is 0 Å². The van der Waals surface area contributed by atoms with Crippen LogP contribution in [0, 0.1) is 5.82 Å². The van der Waals surface area contributed by atoms with E-state index in [4.69, 9.17) is 11.6 Å². The molecule has 1 aromatic heterocycles. The summed E-state index contributed by atoms with van der Waals surface area (Å²) in [5, 5.41) is 0.101. The molecule has 2 nitrogen and oxygen atoms in total. The van der Waals surface area contributed by atoms with Crippen LogP contribution in [0.1, 0.15) is 13.3 Å². The number of rotatable bonds is 4. The van der Waals surface area contributed by atoms with Gasteiger partial charge in [0.05, 0.1) is 0 Å². The average molecular weight is 217 g/mol. The lowest BCUT2D eigenvalue weighted by Crippen LogP contribution is -2.22. The first-order chi connectivity index (χ1) is 6.61. The number of halogens is 2. The minimum absolute atomic E-state index is 0.101. The predicted molar refractivity (Wildman–Crippen MR) is 57.4 cm³/mol. The summed E-state index contributed by atoms with van der Waals surface area (Å²) in [6, 6.07) is 2.99. The lowest BCUT2D eigenvalue weighted by atomic mass is 10.3. The van der Waals surface area contributed by atoms with Gasteiger partial charge in [0.1, 0.15) is 0 Å². The fourth-order valence-electron chi connectivity index (χ4n) is 1.14. The number of anilines is 1. The first-order valence-electron chi connectivity index (χ1n) is 4.57. The van der Waals surface area contributed by atoms with Gasteiger partial charge in [0.25, 0.3) is 0 Å². The summed E-state index contributed by atoms with van der Waals surface area (Å²) >= 11 is 5.81. The number of pyridine rings is 1. The smallest absolute Gasteiger partial charge is 0.165 e. The van der Waals surface area contributed by atoms with E-state index >= 15 is 0 Å². The summed E-state index contributed by atoms with van der Waals surface area (Å²) in [7, 11) is 1.81. The van der Waals surface area contributed by atoms with Crippen molar-refractivity contribution in [3.8, 4) is 0 Å². The van der Waals surface area contributed by atoms with E-state index in [2.05, 4.69) is 4.98 Å². The molecule has 0 bridgehead atoms. The molecule has 0 aromatic carbocycles. The maximum atomic E-state index is 13.2. The van der Waals surface area contributed by atoms with Gasteiger partial charge in [0, 0.05) is 25.2 Å². The molecule has 0 amide bonds. The van der Waals surface area contributed by atoms with Crippen molar-refractivity contribution < 1.29 is 4.39 Å². The average Bonchev–Trinajstić information content (AvgIpc) is 2.15. The highest BCUT2D eigenvalue weighted by Gasteiger charge is 2.08. The highest BCUT2D eigenvalue weighted by atomic mass is 35.5. The molecule has 0 saturated carbocycles. The third-order valence-corrected chi connectivity index (χ3v) is 2.18. The summed E-state index contributed by atoms with van der Waals surface area (Å²) in [5.74, 6) is 0.0852. The molecule has 0 radical (unpaired) electrons. The van der Waals surface area contributed by atoms with Gasteiger partial charge < -0.3 is 4.90 Å². The van der Waals surface area contributed by atoms with Gasteiger partial charge in [0.15, 0.2) is 11.6 Å². The Morgan fingerprint density at radius 3 is 2.93 bits per heavy atom. The first kappa shape index (κ1) is 11.2. The summed E-state index contributed by atoms with van der Waals surface area (Å²) in [6.45, 7) is 2.63. The number of aromatic nitrogens is 1. The zero-order chi connectivity index (χ0) is 10.6. The molecule has 14 heavy (non-hydrogen) atoms. The van der Waals surface area contributed by atoms with Crippen LogP contribution in [0.25, 0.3) is 0 Å². The molecule has 1 heterocycles. The van der Waals surface area contributed by atoms with Crippen molar-refractivity contribution in [1.29, 1.82) is 0 Å². The van der Waals surface area contributed by atoms with Crippen LogP contribution in [0.15, 0.2) is 18.3 Å². The minimum Gasteiger partial charge on any atom is -0.357 e. The van der Waals surface area contributed by atoms with Crippen LogP contribution < -0.4 is 4.90 Å². The number of nitrogens with zero attached hydrogens (tertiary/aromatic N) is 2. The van der Waals surface area contributed by atoms with Gasteiger partial charge in [-0.25, -0.2) is 9.37 Å². The summed E-state index contributed by atoms with van der Waals surface area (Å²) in [4.78, 5) is 5.74. The number of hydrogen-bond acceptors (Lipinski definition) is 2. The molecule has 0 aliphatic heterocycles. The van der Waals surface area contributed by atoms with Crippen LogP contribution in [0.4, 0.5) is 10.2 Å². The Kier molecular flexibility index (Phi) is 4.14. The Hall–Kier alpha value is -0.830. The Morgan fingerprint density at radius 1 is 1.64 bits per heavy atom.